The van der Waals surface area contributed by atoms with Gasteiger partial charge >= 0.3 is 0 Å². The van der Waals surface area contributed by atoms with E-state index in [0.717, 1.165) is 3.57 Å². The van der Waals surface area contributed by atoms with Gasteiger partial charge in [0.15, 0.2) is 11.5 Å². The number of benzene rings is 1. The Kier molecular flexibility index (Phi) is 4.65. The highest BCUT2D eigenvalue weighted by Crippen LogP contribution is 2.30. The van der Waals surface area contributed by atoms with Crippen molar-refractivity contribution in [2.45, 2.75) is 6.54 Å². The Hall–Kier alpha value is -1.28. The number of phenols is 1. The molecule has 0 spiro atoms. The molecule has 0 aliphatic heterocycles. The fourth-order valence-electron chi connectivity index (χ4n) is 1.52. The standard InChI is InChI=1S/C12H11ClIN3O2/c1-19-9-4-2-3-7(10(9)18)5-15-11-8(14)6-16-12(13)17-11/h2-4,6,18H,5H2,1H3,(H,15,16,17). The minimum atomic E-state index is 0.118. The molecule has 0 saturated carbocycles. The van der Waals surface area contributed by atoms with Crippen molar-refractivity contribution in [3.05, 3.63) is 38.8 Å². The molecule has 0 atom stereocenters. The van der Waals surface area contributed by atoms with Gasteiger partial charge < -0.3 is 15.2 Å². The summed E-state index contributed by atoms with van der Waals surface area (Å²) in [6, 6.07) is 5.32. The first-order valence-electron chi connectivity index (χ1n) is 5.38. The highest BCUT2D eigenvalue weighted by molar-refractivity contribution is 14.1. The van der Waals surface area contributed by atoms with E-state index in [4.69, 9.17) is 16.3 Å². The molecule has 0 radical (unpaired) electrons. The van der Waals surface area contributed by atoms with E-state index in [-0.39, 0.29) is 11.0 Å². The van der Waals surface area contributed by atoms with Gasteiger partial charge in [-0.25, -0.2) is 4.98 Å². The minimum absolute atomic E-state index is 0.118. The van der Waals surface area contributed by atoms with E-state index in [1.54, 1.807) is 18.3 Å². The van der Waals surface area contributed by atoms with Crippen molar-refractivity contribution in [1.29, 1.82) is 0 Å². The molecule has 2 aromatic rings. The summed E-state index contributed by atoms with van der Waals surface area (Å²) in [5.74, 6) is 1.19. The highest BCUT2D eigenvalue weighted by Gasteiger charge is 2.09. The largest absolute Gasteiger partial charge is 0.504 e. The van der Waals surface area contributed by atoms with Crippen LogP contribution in [0.3, 0.4) is 0 Å². The second-order valence-corrected chi connectivity index (χ2v) is 5.16. The van der Waals surface area contributed by atoms with E-state index in [1.165, 1.54) is 7.11 Å². The summed E-state index contributed by atoms with van der Waals surface area (Å²) >= 11 is 7.85. The van der Waals surface area contributed by atoms with E-state index in [1.807, 2.05) is 6.07 Å². The lowest BCUT2D eigenvalue weighted by Gasteiger charge is -2.11. The third-order valence-electron chi connectivity index (χ3n) is 2.46. The number of ether oxygens (including phenoxy) is 1. The normalized spacial score (nSPS) is 10.3. The molecule has 0 amide bonds. The van der Waals surface area contributed by atoms with Gasteiger partial charge in [-0.05, 0) is 40.3 Å². The fourth-order valence-corrected chi connectivity index (χ4v) is 2.11. The van der Waals surface area contributed by atoms with E-state index in [9.17, 15) is 5.11 Å². The monoisotopic (exact) mass is 391 g/mol. The van der Waals surface area contributed by atoms with Crippen molar-refractivity contribution in [3.63, 3.8) is 0 Å². The predicted octanol–water partition coefficient (Wildman–Crippen LogP) is 3.06. The number of hydrogen-bond donors (Lipinski definition) is 2. The first-order chi connectivity index (χ1) is 9.11. The average molecular weight is 392 g/mol. The molecule has 1 aromatic heterocycles. The zero-order valence-electron chi connectivity index (χ0n) is 10.0. The molecule has 0 aliphatic rings. The summed E-state index contributed by atoms with van der Waals surface area (Å²) < 4.78 is 5.91. The molecule has 0 bridgehead atoms. The zero-order valence-corrected chi connectivity index (χ0v) is 12.9. The van der Waals surface area contributed by atoms with E-state index in [0.29, 0.717) is 23.7 Å². The molecule has 2 rings (SSSR count). The first kappa shape index (κ1) is 14.1. The Morgan fingerprint density at radius 2 is 2.26 bits per heavy atom. The van der Waals surface area contributed by atoms with Gasteiger partial charge in [-0.1, -0.05) is 12.1 Å². The molecule has 0 unspecified atom stereocenters. The number of aromatic hydroxyl groups is 1. The van der Waals surface area contributed by atoms with Crippen LogP contribution < -0.4 is 10.1 Å². The third-order valence-corrected chi connectivity index (χ3v) is 3.44. The van der Waals surface area contributed by atoms with Crippen molar-refractivity contribution in [2.75, 3.05) is 12.4 Å². The molecule has 7 heteroatoms. The minimum Gasteiger partial charge on any atom is -0.504 e. The van der Waals surface area contributed by atoms with Gasteiger partial charge in [0, 0.05) is 18.3 Å². The number of nitrogens with zero attached hydrogens (tertiary/aromatic N) is 2. The van der Waals surface area contributed by atoms with Crippen LogP contribution in [0.5, 0.6) is 11.5 Å². The first-order valence-corrected chi connectivity index (χ1v) is 6.84. The van der Waals surface area contributed by atoms with Crippen LogP contribution in [0.15, 0.2) is 24.4 Å². The molecule has 1 aromatic carbocycles. The van der Waals surface area contributed by atoms with E-state index < -0.39 is 0 Å². The third kappa shape index (κ3) is 3.38. The van der Waals surface area contributed by atoms with Gasteiger partial charge in [0.1, 0.15) is 5.82 Å². The van der Waals surface area contributed by atoms with Crippen LogP contribution >= 0.6 is 34.2 Å². The summed E-state index contributed by atoms with van der Waals surface area (Å²) in [7, 11) is 1.51. The Balaban J connectivity index is 2.17. The second-order valence-electron chi connectivity index (χ2n) is 3.66. The lowest BCUT2D eigenvalue weighted by Crippen LogP contribution is -2.04. The smallest absolute Gasteiger partial charge is 0.224 e. The fraction of sp³-hybridized carbons (Fsp3) is 0.167. The lowest BCUT2D eigenvalue weighted by atomic mass is 10.2. The maximum atomic E-state index is 9.97. The molecule has 0 saturated heterocycles. The summed E-state index contributed by atoms with van der Waals surface area (Å²) in [5, 5.41) is 13.2. The Morgan fingerprint density at radius 1 is 1.47 bits per heavy atom. The zero-order chi connectivity index (χ0) is 13.8. The van der Waals surface area contributed by atoms with Crippen LogP contribution in [0.2, 0.25) is 5.28 Å². The highest BCUT2D eigenvalue weighted by atomic mass is 127. The topological polar surface area (TPSA) is 67.3 Å². The summed E-state index contributed by atoms with van der Waals surface area (Å²) in [6.07, 6.45) is 1.63. The van der Waals surface area contributed by atoms with Crippen LogP contribution in [-0.2, 0) is 6.54 Å². The number of para-hydroxylation sites is 1. The van der Waals surface area contributed by atoms with Crippen molar-refractivity contribution in [1.82, 2.24) is 9.97 Å². The molecule has 100 valence electrons. The van der Waals surface area contributed by atoms with Crippen molar-refractivity contribution >= 4 is 40.0 Å². The van der Waals surface area contributed by atoms with Crippen LogP contribution in [0, 0.1) is 3.57 Å². The SMILES string of the molecule is COc1cccc(CNc2nc(Cl)ncc2I)c1O. The number of hydrogen-bond acceptors (Lipinski definition) is 5. The average Bonchev–Trinajstić information content (AvgIpc) is 2.41. The Labute approximate surface area is 129 Å². The Morgan fingerprint density at radius 3 is 3.00 bits per heavy atom. The lowest BCUT2D eigenvalue weighted by molar-refractivity contribution is 0.371. The Bertz CT molecular complexity index is 595. The van der Waals surface area contributed by atoms with Crippen molar-refractivity contribution in [2.24, 2.45) is 0 Å². The number of phenolic OH excluding ortho intramolecular Hbond substituents is 1. The van der Waals surface area contributed by atoms with Crippen LogP contribution in [0.1, 0.15) is 5.56 Å². The number of aromatic nitrogens is 2. The summed E-state index contributed by atoms with van der Waals surface area (Å²) in [4.78, 5) is 7.96. The molecular weight excluding hydrogens is 381 g/mol. The number of nitrogens with one attached hydrogen (secondary N) is 1. The van der Waals surface area contributed by atoms with E-state index in [2.05, 4.69) is 37.9 Å². The van der Waals surface area contributed by atoms with Crippen molar-refractivity contribution in [3.8, 4) is 11.5 Å². The molecular formula is C12H11ClIN3O2. The molecule has 2 N–H and O–H groups in total. The number of methoxy groups -OCH3 is 1. The maximum absolute atomic E-state index is 9.97. The second kappa shape index (κ2) is 6.25. The van der Waals surface area contributed by atoms with Crippen molar-refractivity contribution < 1.29 is 9.84 Å². The molecule has 0 aliphatic carbocycles. The van der Waals surface area contributed by atoms with Gasteiger partial charge in [-0.2, -0.15) is 4.98 Å². The predicted molar refractivity (Wildman–Crippen MR) is 81.7 cm³/mol. The number of halogens is 2. The van der Waals surface area contributed by atoms with Gasteiger partial charge in [0.05, 0.1) is 10.7 Å². The summed E-state index contributed by atoms with van der Waals surface area (Å²) in [6.45, 7) is 0.409. The molecule has 0 fully saturated rings. The van der Waals surface area contributed by atoms with Gasteiger partial charge in [0.2, 0.25) is 5.28 Å². The van der Waals surface area contributed by atoms with Crippen LogP contribution in [0.25, 0.3) is 0 Å². The molecule has 5 nitrogen and oxygen atoms in total. The summed E-state index contributed by atoms with van der Waals surface area (Å²) in [5.41, 5.74) is 0.713. The molecule has 1 heterocycles. The number of rotatable bonds is 4. The number of anilines is 1. The molecule has 19 heavy (non-hydrogen) atoms. The van der Waals surface area contributed by atoms with Gasteiger partial charge in [0.25, 0.3) is 0 Å². The van der Waals surface area contributed by atoms with Crippen LogP contribution in [-0.4, -0.2) is 22.2 Å². The quantitative estimate of drug-likeness (QED) is 0.619. The maximum Gasteiger partial charge on any atom is 0.224 e. The van der Waals surface area contributed by atoms with Gasteiger partial charge in [-0.3, -0.25) is 0 Å². The van der Waals surface area contributed by atoms with Gasteiger partial charge in [-0.15, -0.1) is 0 Å². The van der Waals surface area contributed by atoms with Crippen LogP contribution in [0.4, 0.5) is 5.82 Å². The van der Waals surface area contributed by atoms with E-state index >= 15 is 0 Å².